The number of ether oxygens (including phenoxy) is 1. The Labute approximate surface area is 179 Å². The Balaban J connectivity index is 3.29. The van der Waals surface area contributed by atoms with Gasteiger partial charge in [0.25, 0.3) is 0 Å². The quantitative estimate of drug-likeness (QED) is 0.120. The minimum absolute atomic E-state index is 0.299. The molecule has 0 spiro atoms. The second-order valence-corrected chi connectivity index (χ2v) is 14.6. The van der Waals surface area contributed by atoms with Crippen molar-refractivity contribution in [1.29, 1.82) is 0 Å². The van der Waals surface area contributed by atoms with E-state index in [0.717, 1.165) is 32.7 Å². The molecule has 0 unspecified atom stereocenters. The molecule has 0 radical (unpaired) electrons. The summed E-state index contributed by atoms with van der Waals surface area (Å²) < 4.78 is 11.9. The zero-order valence-corrected chi connectivity index (χ0v) is 21.3. The maximum absolute atomic E-state index is 6.17. The molecule has 0 aromatic carbocycles. The summed E-state index contributed by atoms with van der Waals surface area (Å²) in [4.78, 5) is 0. The standard InChI is InChI=1S/C25H52O2Si/c1-7-8-9-10-11-12-13-14-15-16-17-18-19-20-22-26-23-21-24-27-28(5,6)25(2,3)4/h18-19H,7-17,20-24H2,1-6H3. The van der Waals surface area contributed by atoms with E-state index in [1.807, 2.05) is 0 Å². The summed E-state index contributed by atoms with van der Waals surface area (Å²) in [6.07, 6.45) is 22.1. The Bertz CT molecular complexity index is 358. The van der Waals surface area contributed by atoms with Crippen LogP contribution in [0.4, 0.5) is 0 Å². The van der Waals surface area contributed by atoms with E-state index in [2.05, 4.69) is 52.9 Å². The van der Waals surface area contributed by atoms with Gasteiger partial charge in [-0.1, -0.05) is 97.6 Å². The van der Waals surface area contributed by atoms with Gasteiger partial charge in [0.2, 0.25) is 0 Å². The van der Waals surface area contributed by atoms with E-state index in [9.17, 15) is 0 Å². The fourth-order valence-electron chi connectivity index (χ4n) is 2.94. The molecule has 0 fully saturated rings. The first-order valence-electron chi connectivity index (χ1n) is 12.2. The highest BCUT2D eigenvalue weighted by Gasteiger charge is 2.36. The minimum Gasteiger partial charge on any atom is -0.417 e. The molecular formula is C25H52O2Si. The molecule has 0 rings (SSSR count). The molecule has 0 amide bonds. The van der Waals surface area contributed by atoms with Crippen LogP contribution in [-0.2, 0) is 9.16 Å². The van der Waals surface area contributed by atoms with Crippen molar-refractivity contribution in [2.24, 2.45) is 0 Å². The van der Waals surface area contributed by atoms with Crippen molar-refractivity contribution in [2.75, 3.05) is 19.8 Å². The van der Waals surface area contributed by atoms with Gasteiger partial charge in [0.15, 0.2) is 8.32 Å². The fourth-order valence-corrected chi connectivity index (χ4v) is 4.03. The summed E-state index contributed by atoms with van der Waals surface area (Å²) in [5.41, 5.74) is 0. The van der Waals surface area contributed by atoms with Crippen LogP contribution < -0.4 is 0 Å². The van der Waals surface area contributed by atoms with Gasteiger partial charge in [0, 0.05) is 13.2 Å². The monoisotopic (exact) mass is 412 g/mol. The maximum Gasteiger partial charge on any atom is 0.191 e. The van der Waals surface area contributed by atoms with Gasteiger partial charge in [-0.3, -0.25) is 0 Å². The van der Waals surface area contributed by atoms with Crippen molar-refractivity contribution in [3.05, 3.63) is 12.2 Å². The van der Waals surface area contributed by atoms with Gasteiger partial charge >= 0.3 is 0 Å². The summed E-state index contributed by atoms with van der Waals surface area (Å²) in [5.74, 6) is 0. The van der Waals surface area contributed by atoms with Gasteiger partial charge in [0.1, 0.15) is 0 Å². The number of unbranched alkanes of at least 4 members (excludes halogenated alkanes) is 10. The SMILES string of the molecule is CCCCCCCCCCCCC=CCCOCCCO[Si](C)(C)C(C)(C)C. The van der Waals surface area contributed by atoms with Crippen LogP contribution in [-0.4, -0.2) is 28.1 Å². The average Bonchev–Trinajstić information content (AvgIpc) is 2.62. The summed E-state index contributed by atoms with van der Waals surface area (Å²) in [7, 11) is -1.58. The van der Waals surface area contributed by atoms with E-state index in [-0.39, 0.29) is 0 Å². The van der Waals surface area contributed by atoms with Gasteiger partial charge < -0.3 is 9.16 Å². The molecule has 0 aliphatic rings. The normalized spacial score (nSPS) is 12.9. The summed E-state index contributed by atoms with van der Waals surface area (Å²) in [6, 6.07) is 0. The minimum atomic E-state index is -1.58. The van der Waals surface area contributed by atoms with Crippen LogP contribution in [0.5, 0.6) is 0 Å². The van der Waals surface area contributed by atoms with Gasteiger partial charge in [-0.05, 0) is 43.8 Å². The topological polar surface area (TPSA) is 18.5 Å². The second-order valence-electron chi connectivity index (χ2n) is 9.81. The zero-order valence-electron chi connectivity index (χ0n) is 20.3. The predicted octanol–water partition coefficient (Wildman–Crippen LogP) is 8.67. The summed E-state index contributed by atoms with van der Waals surface area (Å²) in [6.45, 7) is 16.3. The molecule has 3 heteroatoms. The van der Waals surface area contributed by atoms with Gasteiger partial charge in [-0.15, -0.1) is 0 Å². The molecule has 0 heterocycles. The largest absolute Gasteiger partial charge is 0.417 e. The van der Waals surface area contributed by atoms with Crippen molar-refractivity contribution < 1.29 is 9.16 Å². The first-order chi connectivity index (χ1) is 13.3. The Morgan fingerprint density at radius 1 is 0.643 bits per heavy atom. The smallest absolute Gasteiger partial charge is 0.191 e. The highest BCUT2D eigenvalue weighted by atomic mass is 28.4. The lowest BCUT2D eigenvalue weighted by Crippen LogP contribution is -2.41. The molecule has 0 saturated heterocycles. The Hall–Kier alpha value is -0.123. The summed E-state index contributed by atoms with van der Waals surface area (Å²) >= 11 is 0. The van der Waals surface area contributed by atoms with Crippen LogP contribution in [0.1, 0.15) is 111 Å². The zero-order chi connectivity index (χ0) is 21.1. The third-order valence-corrected chi connectivity index (χ3v) is 10.6. The predicted molar refractivity (Wildman–Crippen MR) is 129 cm³/mol. The van der Waals surface area contributed by atoms with Gasteiger partial charge in [-0.25, -0.2) is 0 Å². The van der Waals surface area contributed by atoms with Crippen LogP contribution in [0, 0.1) is 0 Å². The molecule has 2 nitrogen and oxygen atoms in total. The van der Waals surface area contributed by atoms with Gasteiger partial charge in [-0.2, -0.15) is 0 Å². The van der Waals surface area contributed by atoms with E-state index in [1.54, 1.807) is 0 Å². The molecule has 0 aliphatic heterocycles. The van der Waals surface area contributed by atoms with Crippen molar-refractivity contribution in [2.45, 2.75) is 129 Å². The van der Waals surface area contributed by atoms with Gasteiger partial charge in [0.05, 0.1) is 6.61 Å². The van der Waals surface area contributed by atoms with Crippen molar-refractivity contribution in [1.82, 2.24) is 0 Å². The Morgan fingerprint density at radius 2 is 1.18 bits per heavy atom. The van der Waals surface area contributed by atoms with Crippen LogP contribution in [0.2, 0.25) is 18.1 Å². The molecule has 0 bridgehead atoms. The molecule has 0 aromatic rings. The van der Waals surface area contributed by atoms with Crippen LogP contribution in [0.15, 0.2) is 12.2 Å². The first-order valence-corrected chi connectivity index (χ1v) is 15.1. The van der Waals surface area contributed by atoms with E-state index in [4.69, 9.17) is 9.16 Å². The number of rotatable bonds is 19. The highest BCUT2D eigenvalue weighted by molar-refractivity contribution is 6.74. The van der Waals surface area contributed by atoms with Crippen LogP contribution in [0.3, 0.4) is 0 Å². The number of hydrogen-bond acceptors (Lipinski definition) is 2. The lowest BCUT2D eigenvalue weighted by molar-refractivity contribution is 0.121. The van der Waals surface area contributed by atoms with E-state index >= 15 is 0 Å². The maximum atomic E-state index is 6.17. The van der Waals surface area contributed by atoms with Crippen LogP contribution >= 0.6 is 0 Å². The lowest BCUT2D eigenvalue weighted by Gasteiger charge is -2.36. The van der Waals surface area contributed by atoms with E-state index in [0.29, 0.717) is 5.04 Å². The molecular weight excluding hydrogens is 360 g/mol. The molecule has 0 aliphatic carbocycles. The molecule has 0 aromatic heterocycles. The van der Waals surface area contributed by atoms with Crippen molar-refractivity contribution in [3.63, 3.8) is 0 Å². The summed E-state index contributed by atoms with van der Waals surface area (Å²) in [5, 5.41) is 0.299. The molecule has 0 saturated carbocycles. The lowest BCUT2D eigenvalue weighted by atomic mass is 10.1. The van der Waals surface area contributed by atoms with E-state index in [1.165, 1.54) is 70.6 Å². The second kappa shape index (κ2) is 17.7. The first kappa shape index (κ1) is 27.9. The molecule has 0 N–H and O–H groups in total. The van der Waals surface area contributed by atoms with Crippen molar-refractivity contribution in [3.8, 4) is 0 Å². The Kier molecular flexibility index (Phi) is 17.6. The van der Waals surface area contributed by atoms with E-state index < -0.39 is 8.32 Å². The molecule has 0 atom stereocenters. The average molecular weight is 413 g/mol. The Morgan fingerprint density at radius 3 is 1.75 bits per heavy atom. The fraction of sp³-hybridized carbons (Fsp3) is 0.920. The number of hydrogen-bond donors (Lipinski definition) is 0. The third-order valence-electron chi connectivity index (χ3n) is 6.02. The number of allylic oxidation sites excluding steroid dienone is 1. The molecule has 28 heavy (non-hydrogen) atoms. The molecule has 168 valence electrons. The highest BCUT2D eigenvalue weighted by Crippen LogP contribution is 2.36. The third kappa shape index (κ3) is 16.8. The van der Waals surface area contributed by atoms with Crippen molar-refractivity contribution >= 4 is 8.32 Å². The van der Waals surface area contributed by atoms with Crippen LogP contribution in [0.25, 0.3) is 0 Å².